The first kappa shape index (κ1) is 18.3. The fourth-order valence-electron chi connectivity index (χ4n) is 2.87. The molecule has 1 fully saturated rings. The third-order valence-electron chi connectivity index (χ3n) is 4.27. The number of aryl methyl sites for hydroxylation is 2. The fourth-order valence-corrected chi connectivity index (χ4v) is 2.87. The highest BCUT2D eigenvalue weighted by Crippen LogP contribution is 2.25. The zero-order chi connectivity index (χ0) is 17.6. The molecule has 0 radical (unpaired) electrons. The average Bonchev–Trinajstić information content (AvgIpc) is 2.50. The van der Waals surface area contributed by atoms with Gasteiger partial charge in [-0.2, -0.15) is 0 Å². The number of nitrogens with one attached hydrogen (secondary N) is 1. The van der Waals surface area contributed by atoms with Gasteiger partial charge in [0.15, 0.2) is 0 Å². The molecule has 0 aromatic heterocycles. The summed E-state index contributed by atoms with van der Waals surface area (Å²) in [6.45, 7) is 5.13. The molecule has 1 aromatic rings. The van der Waals surface area contributed by atoms with E-state index in [2.05, 4.69) is 5.32 Å². The van der Waals surface area contributed by atoms with Crippen molar-refractivity contribution < 1.29 is 24.2 Å². The Kier molecular flexibility index (Phi) is 6.20. The Morgan fingerprint density at radius 3 is 2.67 bits per heavy atom. The summed E-state index contributed by atoms with van der Waals surface area (Å²) in [5.41, 5.74) is 1.41. The average molecular weight is 335 g/mol. The largest absolute Gasteiger partial charge is 0.493 e. The van der Waals surface area contributed by atoms with Crippen LogP contribution in [0.5, 0.6) is 5.75 Å². The van der Waals surface area contributed by atoms with Crippen LogP contribution in [0.2, 0.25) is 0 Å². The predicted octanol–water partition coefficient (Wildman–Crippen LogP) is 2.21. The van der Waals surface area contributed by atoms with Gasteiger partial charge in [-0.25, -0.2) is 0 Å². The quantitative estimate of drug-likeness (QED) is 0.798. The summed E-state index contributed by atoms with van der Waals surface area (Å²) in [6.07, 6.45) is 1.14. The second kappa shape index (κ2) is 8.15. The fraction of sp³-hybridized carbons (Fsp3) is 0.556. The lowest BCUT2D eigenvalue weighted by molar-refractivity contribution is -0.140. The molecule has 1 aliphatic rings. The third kappa shape index (κ3) is 5.23. The first-order chi connectivity index (χ1) is 11.4. The molecule has 0 spiro atoms. The summed E-state index contributed by atoms with van der Waals surface area (Å²) in [5, 5.41) is 12.0. The van der Waals surface area contributed by atoms with E-state index in [1.807, 2.05) is 32.0 Å². The van der Waals surface area contributed by atoms with Crippen LogP contribution in [-0.2, 0) is 14.3 Å². The molecule has 6 heteroatoms. The van der Waals surface area contributed by atoms with E-state index in [9.17, 15) is 9.59 Å². The number of hydrogen-bond acceptors (Lipinski definition) is 4. The number of rotatable bonds is 7. The van der Waals surface area contributed by atoms with Gasteiger partial charge in [0.05, 0.1) is 25.0 Å². The number of aliphatic carboxylic acids is 1. The number of benzene rings is 1. The Bertz CT molecular complexity index is 593. The van der Waals surface area contributed by atoms with E-state index < -0.39 is 11.5 Å². The maximum Gasteiger partial charge on any atom is 0.305 e. The van der Waals surface area contributed by atoms with Crippen molar-refractivity contribution >= 4 is 11.9 Å². The van der Waals surface area contributed by atoms with Crippen molar-refractivity contribution in [2.24, 2.45) is 0 Å². The molecular formula is C18H25NO5. The number of carboxylic acid groups (broad SMARTS) is 1. The van der Waals surface area contributed by atoms with Crippen LogP contribution in [0.4, 0.5) is 0 Å². The second-order valence-electron chi connectivity index (χ2n) is 6.38. The number of carboxylic acids is 1. The van der Waals surface area contributed by atoms with E-state index in [1.165, 1.54) is 0 Å². The Balaban J connectivity index is 1.87. The van der Waals surface area contributed by atoms with Gasteiger partial charge < -0.3 is 19.9 Å². The van der Waals surface area contributed by atoms with E-state index in [0.717, 1.165) is 16.9 Å². The molecule has 0 bridgehead atoms. The first-order valence-electron chi connectivity index (χ1n) is 8.21. The highest BCUT2D eigenvalue weighted by Gasteiger charge is 2.36. The van der Waals surface area contributed by atoms with Crippen molar-refractivity contribution in [1.82, 2.24) is 5.32 Å². The summed E-state index contributed by atoms with van der Waals surface area (Å²) in [5.74, 6) is -0.332. The molecule has 6 nitrogen and oxygen atoms in total. The van der Waals surface area contributed by atoms with Gasteiger partial charge in [-0.05, 0) is 43.9 Å². The monoisotopic (exact) mass is 335 g/mol. The highest BCUT2D eigenvalue weighted by molar-refractivity contribution is 5.78. The van der Waals surface area contributed by atoms with Crippen molar-refractivity contribution in [1.29, 1.82) is 0 Å². The van der Waals surface area contributed by atoms with Crippen molar-refractivity contribution in [3.8, 4) is 5.75 Å². The molecule has 0 unspecified atom stereocenters. The van der Waals surface area contributed by atoms with Crippen molar-refractivity contribution in [3.63, 3.8) is 0 Å². The summed E-state index contributed by atoms with van der Waals surface area (Å²) in [6, 6.07) is 5.93. The van der Waals surface area contributed by atoms with Crippen LogP contribution in [0.15, 0.2) is 18.2 Å². The zero-order valence-electron chi connectivity index (χ0n) is 14.3. The smallest absolute Gasteiger partial charge is 0.305 e. The lowest BCUT2D eigenvalue weighted by Crippen LogP contribution is -2.53. The molecule has 1 saturated heterocycles. The van der Waals surface area contributed by atoms with Crippen LogP contribution in [0.3, 0.4) is 0 Å². The van der Waals surface area contributed by atoms with Crippen LogP contribution >= 0.6 is 0 Å². The maximum absolute atomic E-state index is 12.2. The highest BCUT2D eigenvalue weighted by atomic mass is 16.5. The Morgan fingerprint density at radius 2 is 2.00 bits per heavy atom. The molecule has 1 aromatic carbocycles. The minimum Gasteiger partial charge on any atom is -0.493 e. The molecule has 132 valence electrons. The van der Waals surface area contributed by atoms with Crippen molar-refractivity contribution in [3.05, 3.63) is 29.3 Å². The summed E-state index contributed by atoms with van der Waals surface area (Å²) in [7, 11) is 0. The number of hydrogen-bond donors (Lipinski definition) is 2. The van der Waals surface area contributed by atoms with E-state index in [4.69, 9.17) is 14.6 Å². The second-order valence-corrected chi connectivity index (χ2v) is 6.38. The van der Waals surface area contributed by atoms with E-state index >= 15 is 0 Å². The zero-order valence-corrected chi connectivity index (χ0v) is 14.3. The van der Waals surface area contributed by atoms with Gasteiger partial charge in [-0.1, -0.05) is 12.1 Å². The number of amides is 1. The first-order valence-corrected chi connectivity index (χ1v) is 8.21. The Labute approximate surface area is 142 Å². The van der Waals surface area contributed by atoms with Gasteiger partial charge in [0.2, 0.25) is 5.91 Å². The van der Waals surface area contributed by atoms with Gasteiger partial charge in [-0.15, -0.1) is 0 Å². The molecule has 1 aliphatic heterocycles. The minimum atomic E-state index is -0.913. The molecule has 0 saturated carbocycles. The van der Waals surface area contributed by atoms with Crippen LogP contribution in [0.1, 0.15) is 36.8 Å². The van der Waals surface area contributed by atoms with E-state index in [-0.39, 0.29) is 25.4 Å². The van der Waals surface area contributed by atoms with Crippen LogP contribution < -0.4 is 10.1 Å². The molecule has 1 amide bonds. The van der Waals surface area contributed by atoms with Gasteiger partial charge >= 0.3 is 5.97 Å². The standard InChI is InChI=1S/C18H25NO5/c1-13-3-4-14(2)15(11-13)24-8-5-16(20)19-18(12-17(21)22)6-9-23-10-7-18/h3-4,11H,5-10,12H2,1-2H3,(H,19,20)(H,21,22). The molecule has 1 heterocycles. The van der Waals surface area contributed by atoms with Crippen LogP contribution in [0, 0.1) is 13.8 Å². The lowest BCUT2D eigenvalue weighted by atomic mass is 9.86. The molecule has 2 N–H and O–H groups in total. The third-order valence-corrected chi connectivity index (χ3v) is 4.27. The van der Waals surface area contributed by atoms with Crippen LogP contribution in [-0.4, -0.2) is 42.3 Å². The summed E-state index contributed by atoms with van der Waals surface area (Å²) < 4.78 is 11.0. The summed E-state index contributed by atoms with van der Waals surface area (Å²) >= 11 is 0. The lowest BCUT2D eigenvalue weighted by Gasteiger charge is -2.36. The molecule has 2 rings (SSSR count). The van der Waals surface area contributed by atoms with E-state index in [1.54, 1.807) is 0 Å². The molecule has 0 atom stereocenters. The number of carbonyl (C=O) groups is 2. The van der Waals surface area contributed by atoms with Gasteiger partial charge in [0, 0.05) is 13.2 Å². The van der Waals surface area contributed by atoms with Gasteiger partial charge in [-0.3, -0.25) is 9.59 Å². The van der Waals surface area contributed by atoms with Gasteiger partial charge in [0.1, 0.15) is 5.75 Å². The Morgan fingerprint density at radius 1 is 1.29 bits per heavy atom. The van der Waals surface area contributed by atoms with E-state index in [0.29, 0.717) is 26.1 Å². The SMILES string of the molecule is Cc1ccc(C)c(OCCC(=O)NC2(CC(=O)O)CCOCC2)c1. The number of carbonyl (C=O) groups excluding carboxylic acids is 1. The van der Waals surface area contributed by atoms with Crippen molar-refractivity contribution in [2.45, 2.75) is 45.1 Å². The number of ether oxygens (including phenoxy) is 2. The molecule has 24 heavy (non-hydrogen) atoms. The maximum atomic E-state index is 12.2. The van der Waals surface area contributed by atoms with Crippen LogP contribution in [0.25, 0.3) is 0 Å². The topological polar surface area (TPSA) is 84.9 Å². The Hall–Kier alpha value is -2.08. The molecular weight excluding hydrogens is 310 g/mol. The normalized spacial score (nSPS) is 16.4. The summed E-state index contributed by atoms with van der Waals surface area (Å²) in [4.78, 5) is 23.3. The van der Waals surface area contributed by atoms with Gasteiger partial charge in [0.25, 0.3) is 0 Å². The predicted molar refractivity (Wildman–Crippen MR) is 89.2 cm³/mol. The minimum absolute atomic E-state index is 0.0834. The molecule has 0 aliphatic carbocycles. The van der Waals surface area contributed by atoms with Crippen molar-refractivity contribution in [2.75, 3.05) is 19.8 Å².